The molecule has 1 aromatic carbocycles. The second kappa shape index (κ2) is 5.61. The van der Waals surface area contributed by atoms with Gasteiger partial charge >= 0.3 is 0 Å². The van der Waals surface area contributed by atoms with Crippen molar-refractivity contribution >= 4 is 52.3 Å². The number of nitrogens with zero attached hydrogens (tertiary/aromatic N) is 3. The molecule has 108 valence electrons. The zero-order valence-electron chi connectivity index (χ0n) is 10.4. The van der Waals surface area contributed by atoms with Gasteiger partial charge in [0.25, 0.3) is 5.91 Å². The number of halogens is 4. The maximum absolute atomic E-state index is 12.3. The molecule has 0 unspecified atom stereocenters. The van der Waals surface area contributed by atoms with Crippen LogP contribution in [0.4, 0.5) is 0 Å². The Balaban J connectivity index is 1.92. The Kier molecular flexibility index (Phi) is 3.97. The lowest BCUT2D eigenvalue weighted by Gasteiger charge is -2.16. The molecule has 0 bridgehead atoms. The Labute approximate surface area is 140 Å². The first-order valence-corrected chi connectivity index (χ1v) is 7.42. The molecule has 1 amide bonds. The molecule has 4 nitrogen and oxygen atoms in total. The molecule has 8 heteroatoms. The number of fused-ring (bicyclic) bond motifs is 1. The summed E-state index contributed by atoms with van der Waals surface area (Å²) >= 11 is 23.9. The van der Waals surface area contributed by atoms with E-state index in [2.05, 4.69) is 9.97 Å². The molecule has 0 saturated heterocycles. The molecule has 1 aromatic heterocycles. The predicted molar refractivity (Wildman–Crippen MR) is 82.1 cm³/mol. The molecule has 0 spiro atoms. The lowest BCUT2D eigenvalue weighted by molar-refractivity contribution is 0.0762. The van der Waals surface area contributed by atoms with Crippen molar-refractivity contribution < 1.29 is 4.79 Å². The summed E-state index contributed by atoms with van der Waals surface area (Å²) in [4.78, 5) is 21.7. The van der Waals surface area contributed by atoms with Crippen LogP contribution in [0.1, 0.15) is 21.6 Å². The molecule has 21 heavy (non-hydrogen) atoms. The fraction of sp³-hybridized carbons (Fsp3) is 0.154. The van der Waals surface area contributed by atoms with E-state index in [0.717, 1.165) is 5.56 Å². The van der Waals surface area contributed by atoms with Gasteiger partial charge < -0.3 is 4.90 Å². The van der Waals surface area contributed by atoms with Crippen molar-refractivity contribution in [2.24, 2.45) is 0 Å². The van der Waals surface area contributed by atoms with Gasteiger partial charge in [-0.3, -0.25) is 4.79 Å². The summed E-state index contributed by atoms with van der Waals surface area (Å²) in [5.74, 6) is -0.257. The first-order chi connectivity index (χ1) is 9.97. The quantitative estimate of drug-likeness (QED) is 0.592. The number of amides is 1. The smallest absolute Gasteiger partial charge is 0.273 e. The van der Waals surface area contributed by atoms with Gasteiger partial charge in [-0.05, 0) is 23.2 Å². The molecule has 0 radical (unpaired) electrons. The average Bonchev–Trinajstić information content (AvgIpc) is 2.73. The highest BCUT2D eigenvalue weighted by atomic mass is 35.5. The zero-order valence-corrected chi connectivity index (χ0v) is 13.4. The highest BCUT2D eigenvalue weighted by Crippen LogP contribution is 2.31. The topological polar surface area (TPSA) is 46.1 Å². The Morgan fingerprint density at radius 3 is 2.67 bits per heavy atom. The average molecular weight is 363 g/mol. The van der Waals surface area contributed by atoms with Crippen molar-refractivity contribution in [3.8, 4) is 0 Å². The molecule has 1 aliphatic rings. The van der Waals surface area contributed by atoms with Crippen LogP contribution in [0.25, 0.3) is 0 Å². The van der Waals surface area contributed by atoms with Gasteiger partial charge in [-0.25, -0.2) is 9.97 Å². The fourth-order valence-corrected chi connectivity index (χ4v) is 2.99. The van der Waals surface area contributed by atoms with Gasteiger partial charge in [0.15, 0.2) is 0 Å². The molecular formula is C13H7Cl4N3O. The van der Waals surface area contributed by atoms with Gasteiger partial charge in [0, 0.05) is 12.1 Å². The van der Waals surface area contributed by atoms with Crippen LogP contribution in [-0.2, 0) is 13.1 Å². The van der Waals surface area contributed by atoms with Crippen LogP contribution in [0.5, 0.6) is 0 Å². The van der Waals surface area contributed by atoms with Crippen LogP contribution >= 0.6 is 46.4 Å². The van der Waals surface area contributed by atoms with E-state index >= 15 is 0 Å². The molecule has 0 atom stereocenters. The number of carbonyl (C=O) groups excluding carboxylic acids is 1. The molecule has 2 aromatic rings. The van der Waals surface area contributed by atoms with Crippen LogP contribution in [0.3, 0.4) is 0 Å². The summed E-state index contributed by atoms with van der Waals surface area (Å²) in [6.07, 6.45) is 0. The molecule has 0 aliphatic carbocycles. The highest BCUT2D eigenvalue weighted by Gasteiger charge is 2.32. The molecule has 0 N–H and O–H groups in total. The monoisotopic (exact) mass is 361 g/mol. The van der Waals surface area contributed by atoms with E-state index in [4.69, 9.17) is 46.4 Å². The lowest BCUT2D eigenvalue weighted by Crippen LogP contribution is -2.23. The summed E-state index contributed by atoms with van der Waals surface area (Å²) in [6.45, 7) is 0.621. The summed E-state index contributed by atoms with van der Waals surface area (Å²) in [7, 11) is 0. The second-order valence-electron chi connectivity index (χ2n) is 4.48. The minimum atomic E-state index is -0.257. The van der Waals surface area contributed by atoms with Crippen molar-refractivity contribution in [1.82, 2.24) is 14.9 Å². The van der Waals surface area contributed by atoms with E-state index in [1.54, 1.807) is 17.0 Å². The first-order valence-electron chi connectivity index (χ1n) is 5.91. The second-order valence-corrected chi connectivity index (χ2v) is 5.97. The first kappa shape index (κ1) is 14.9. The number of hydrogen-bond donors (Lipinski definition) is 0. The van der Waals surface area contributed by atoms with Crippen molar-refractivity contribution in [1.29, 1.82) is 0 Å². The van der Waals surface area contributed by atoms with Crippen molar-refractivity contribution in [2.45, 2.75) is 13.1 Å². The van der Waals surface area contributed by atoms with Gasteiger partial charge in [-0.1, -0.05) is 46.9 Å². The van der Waals surface area contributed by atoms with Crippen LogP contribution < -0.4 is 0 Å². The Bertz CT molecular complexity index is 750. The Hall–Kier alpha value is -1.07. The fourth-order valence-electron chi connectivity index (χ4n) is 2.16. The Morgan fingerprint density at radius 2 is 1.90 bits per heavy atom. The van der Waals surface area contributed by atoms with E-state index < -0.39 is 0 Å². The number of hydrogen-bond acceptors (Lipinski definition) is 3. The van der Waals surface area contributed by atoms with Crippen LogP contribution in [0, 0.1) is 0 Å². The van der Waals surface area contributed by atoms with Crippen LogP contribution in [0.2, 0.25) is 20.5 Å². The van der Waals surface area contributed by atoms with Gasteiger partial charge in [-0.15, -0.1) is 0 Å². The van der Waals surface area contributed by atoms with Crippen LogP contribution in [-0.4, -0.2) is 20.8 Å². The molecule has 3 rings (SSSR count). The van der Waals surface area contributed by atoms with E-state index in [1.807, 2.05) is 6.07 Å². The summed E-state index contributed by atoms with van der Waals surface area (Å²) < 4.78 is 0. The highest BCUT2D eigenvalue weighted by molar-refractivity contribution is 6.42. The molecular weight excluding hydrogens is 356 g/mol. The van der Waals surface area contributed by atoms with Crippen LogP contribution in [0.15, 0.2) is 18.2 Å². The van der Waals surface area contributed by atoms with Gasteiger partial charge in [0.05, 0.1) is 16.6 Å². The van der Waals surface area contributed by atoms with E-state index in [0.29, 0.717) is 28.7 Å². The van der Waals surface area contributed by atoms with Crippen molar-refractivity contribution in [3.05, 3.63) is 55.5 Å². The van der Waals surface area contributed by atoms with Gasteiger partial charge in [0.2, 0.25) is 5.28 Å². The lowest BCUT2D eigenvalue weighted by atomic mass is 10.2. The molecule has 0 fully saturated rings. The minimum Gasteiger partial charge on any atom is -0.328 e. The summed E-state index contributed by atoms with van der Waals surface area (Å²) in [5, 5.41) is 1.02. The number of rotatable bonds is 2. The largest absolute Gasteiger partial charge is 0.328 e. The van der Waals surface area contributed by atoms with Crippen molar-refractivity contribution in [3.63, 3.8) is 0 Å². The standard InChI is InChI=1S/C13H7Cl4N3O/c14-8-3-1-2-6(9(8)15)4-20-5-7-10(12(20)21)18-13(17)19-11(7)16/h1-3H,4-5H2. The molecule has 1 aliphatic heterocycles. The van der Waals surface area contributed by atoms with Crippen molar-refractivity contribution in [2.75, 3.05) is 0 Å². The number of aromatic nitrogens is 2. The third-order valence-electron chi connectivity index (χ3n) is 3.16. The van der Waals surface area contributed by atoms with E-state index in [9.17, 15) is 4.79 Å². The Morgan fingerprint density at radius 1 is 1.14 bits per heavy atom. The summed E-state index contributed by atoms with van der Waals surface area (Å²) in [6, 6.07) is 5.28. The number of carbonyl (C=O) groups is 1. The third-order valence-corrected chi connectivity index (χ3v) is 4.50. The minimum absolute atomic E-state index is 0.0465. The van der Waals surface area contributed by atoms with Gasteiger partial charge in [0.1, 0.15) is 10.8 Å². The number of benzene rings is 1. The third kappa shape index (κ3) is 2.69. The van der Waals surface area contributed by atoms with Gasteiger partial charge in [-0.2, -0.15) is 0 Å². The SMILES string of the molecule is O=C1c2nc(Cl)nc(Cl)c2CN1Cc1cccc(Cl)c1Cl. The zero-order chi connectivity index (χ0) is 15.1. The predicted octanol–water partition coefficient (Wildman–Crippen LogP) is 4.25. The maximum atomic E-state index is 12.3. The van der Waals surface area contributed by atoms with E-state index in [1.165, 1.54) is 0 Å². The van der Waals surface area contributed by atoms with E-state index in [-0.39, 0.29) is 22.0 Å². The molecule has 2 heterocycles. The molecule has 0 saturated carbocycles. The maximum Gasteiger partial charge on any atom is 0.273 e. The normalized spacial score (nSPS) is 13.7. The summed E-state index contributed by atoms with van der Waals surface area (Å²) in [5.41, 5.74) is 1.56.